The van der Waals surface area contributed by atoms with Crippen molar-refractivity contribution in [2.24, 2.45) is 0 Å². The summed E-state index contributed by atoms with van der Waals surface area (Å²) >= 11 is 1.44. The number of hydrogen-bond donors (Lipinski definition) is 1. The maximum Gasteiger partial charge on any atom is 0.234 e. The second kappa shape index (κ2) is 11.4. The van der Waals surface area contributed by atoms with E-state index in [1.807, 2.05) is 30.3 Å². The third-order valence-electron chi connectivity index (χ3n) is 6.56. The fourth-order valence-electron chi connectivity index (χ4n) is 4.68. The number of hydrogen-bond acceptors (Lipinski definition) is 5. The fourth-order valence-corrected chi connectivity index (χ4v) is 5.49. The third-order valence-corrected chi connectivity index (χ3v) is 7.50. The lowest BCUT2D eigenvalue weighted by Gasteiger charge is -2.25. The Morgan fingerprint density at radius 3 is 2.25 bits per heavy atom. The molecule has 0 atom stereocenters. The van der Waals surface area contributed by atoms with E-state index in [1.54, 1.807) is 7.11 Å². The molecule has 7 heteroatoms. The molecule has 1 fully saturated rings. The Hall–Kier alpha value is -3.58. The number of aromatic nitrogens is 3. The Labute approximate surface area is 216 Å². The largest absolute Gasteiger partial charge is 0.497 e. The van der Waals surface area contributed by atoms with Crippen LogP contribution in [0.4, 0.5) is 5.69 Å². The normalized spacial score (nSPS) is 13.9. The van der Waals surface area contributed by atoms with E-state index in [0.717, 1.165) is 40.8 Å². The highest BCUT2D eigenvalue weighted by atomic mass is 32.2. The summed E-state index contributed by atoms with van der Waals surface area (Å²) in [5, 5.41) is 12.9. The molecule has 1 aliphatic rings. The van der Waals surface area contributed by atoms with E-state index >= 15 is 0 Å². The number of thioether (sulfide) groups is 1. The number of carbonyl (C=O) groups is 1. The maximum atomic E-state index is 12.7. The molecule has 0 aliphatic heterocycles. The minimum Gasteiger partial charge on any atom is -0.497 e. The lowest BCUT2D eigenvalue weighted by molar-refractivity contribution is -0.113. The number of nitrogens with zero attached hydrogens (tertiary/aromatic N) is 3. The van der Waals surface area contributed by atoms with Gasteiger partial charge in [0.05, 0.1) is 12.9 Å². The highest BCUT2D eigenvalue weighted by Crippen LogP contribution is 2.36. The van der Waals surface area contributed by atoms with Crippen molar-refractivity contribution in [3.8, 4) is 28.3 Å². The first-order valence-corrected chi connectivity index (χ1v) is 13.4. The number of carbonyl (C=O) groups excluding carboxylic acids is 1. The van der Waals surface area contributed by atoms with Crippen LogP contribution in [0.2, 0.25) is 0 Å². The fraction of sp³-hybridized carbons (Fsp3) is 0.276. The zero-order valence-electron chi connectivity index (χ0n) is 20.4. The Balaban J connectivity index is 1.34. The van der Waals surface area contributed by atoms with E-state index in [2.05, 4.69) is 68.6 Å². The molecule has 0 saturated heterocycles. The molecule has 1 heterocycles. The molecule has 1 amide bonds. The molecular formula is C29H30N4O2S. The molecule has 5 rings (SSSR count). The molecule has 0 unspecified atom stereocenters. The van der Waals surface area contributed by atoms with Gasteiger partial charge in [0, 0.05) is 17.3 Å². The molecular weight excluding hydrogens is 468 g/mol. The molecule has 1 N–H and O–H groups in total. The zero-order valence-corrected chi connectivity index (χ0v) is 21.2. The number of amides is 1. The van der Waals surface area contributed by atoms with Crippen LogP contribution >= 0.6 is 11.8 Å². The molecule has 0 spiro atoms. The van der Waals surface area contributed by atoms with E-state index in [-0.39, 0.29) is 11.7 Å². The summed E-state index contributed by atoms with van der Waals surface area (Å²) < 4.78 is 7.45. The minimum atomic E-state index is -0.0721. The second-order valence-corrected chi connectivity index (χ2v) is 9.92. The predicted octanol–water partition coefficient (Wildman–Crippen LogP) is 6.86. The van der Waals surface area contributed by atoms with Crippen LogP contribution in [0.1, 0.15) is 38.1 Å². The number of nitrogens with one attached hydrogen (secondary N) is 1. The van der Waals surface area contributed by atoms with Crippen molar-refractivity contribution in [2.75, 3.05) is 18.2 Å². The van der Waals surface area contributed by atoms with Crippen LogP contribution in [-0.4, -0.2) is 33.5 Å². The molecule has 4 aromatic rings. The van der Waals surface area contributed by atoms with Gasteiger partial charge in [-0.05, 0) is 48.2 Å². The standard InChI is InChI=1S/C29H30N4O2S/c1-35-26-18-16-24(17-19-26)30-27(34)20-36-29-32-31-28(33(29)25-10-6-3-7-11-25)23-14-12-22(13-15-23)21-8-4-2-5-9-21/h2,4-5,8-9,12-19,25H,3,6-7,10-11,20H2,1H3,(H,30,34). The quantitative estimate of drug-likeness (QED) is 0.269. The topological polar surface area (TPSA) is 69.0 Å². The van der Waals surface area contributed by atoms with Crippen LogP contribution < -0.4 is 10.1 Å². The Kier molecular flexibility index (Phi) is 7.67. The van der Waals surface area contributed by atoms with Gasteiger partial charge in [-0.3, -0.25) is 9.36 Å². The Bertz CT molecular complexity index is 1280. The first-order chi connectivity index (χ1) is 17.7. The number of anilines is 1. The highest BCUT2D eigenvalue weighted by Gasteiger charge is 2.24. The van der Waals surface area contributed by atoms with E-state index in [9.17, 15) is 4.79 Å². The summed E-state index contributed by atoms with van der Waals surface area (Å²) in [5.74, 6) is 1.83. The summed E-state index contributed by atoms with van der Waals surface area (Å²) in [6.45, 7) is 0. The molecule has 6 nitrogen and oxygen atoms in total. The van der Waals surface area contributed by atoms with Crippen molar-refractivity contribution >= 4 is 23.4 Å². The SMILES string of the molecule is COc1ccc(NC(=O)CSc2nnc(-c3ccc(-c4ccccc4)cc3)n2C2CCCCC2)cc1. The summed E-state index contributed by atoms with van der Waals surface area (Å²) in [4.78, 5) is 12.7. The van der Waals surface area contributed by atoms with Gasteiger partial charge < -0.3 is 10.1 Å². The molecule has 0 radical (unpaired) electrons. The van der Waals surface area contributed by atoms with Gasteiger partial charge in [0.2, 0.25) is 5.91 Å². The molecule has 0 bridgehead atoms. The molecule has 3 aromatic carbocycles. The van der Waals surface area contributed by atoms with Crippen molar-refractivity contribution < 1.29 is 9.53 Å². The second-order valence-electron chi connectivity index (χ2n) is 8.98. The molecule has 36 heavy (non-hydrogen) atoms. The number of methoxy groups -OCH3 is 1. The van der Waals surface area contributed by atoms with Gasteiger partial charge in [0.15, 0.2) is 11.0 Å². The summed E-state index contributed by atoms with van der Waals surface area (Å²) in [6, 6.07) is 26.6. The van der Waals surface area contributed by atoms with Crippen molar-refractivity contribution in [1.82, 2.24) is 14.8 Å². The van der Waals surface area contributed by atoms with Crippen LogP contribution in [0.5, 0.6) is 5.75 Å². The van der Waals surface area contributed by atoms with Gasteiger partial charge >= 0.3 is 0 Å². The van der Waals surface area contributed by atoms with Crippen LogP contribution in [0.15, 0.2) is 84.0 Å². The summed E-state index contributed by atoms with van der Waals surface area (Å²) in [6.07, 6.45) is 5.90. The van der Waals surface area contributed by atoms with Crippen molar-refractivity contribution in [3.63, 3.8) is 0 Å². The van der Waals surface area contributed by atoms with Gasteiger partial charge in [-0.15, -0.1) is 10.2 Å². The van der Waals surface area contributed by atoms with E-state index in [0.29, 0.717) is 6.04 Å². The Morgan fingerprint density at radius 1 is 0.889 bits per heavy atom. The first kappa shape index (κ1) is 24.1. The van der Waals surface area contributed by atoms with Crippen molar-refractivity contribution in [3.05, 3.63) is 78.9 Å². The highest BCUT2D eigenvalue weighted by molar-refractivity contribution is 7.99. The van der Waals surface area contributed by atoms with Gasteiger partial charge in [0.25, 0.3) is 0 Å². The van der Waals surface area contributed by atoms with Crippen LogP contribution in [0, 0.1) is 0 Å². The first-order valence-electron chi connectivity index (χ1n) is 12.4. The maximum absolute atomic E-state index is 12.7. The summed E-state index contributed by atoms with van der Waals surface area (Å²) in [5.41, 5.74) is 4.15. The van der Waals surface area contributed by atoms with Crippen LogP contribution in [0.3, 0.4) is 0 Å². The monoisotopic (exact) mass is 498 g/mol. The average molecular weight is 499 g/mol. The molecule has 1 aliphatic carbocycles. The van der Waals surface area contributed by atoms with E-state index < -0.39 is 0 Å². The number of rotatable bonds is 8. The van der Waals surface area contributed by atoms with E-state index in [4.69, 9.17) is 4.74 Å². The molecule has 184 valence electrons. The number of benzene rings is 3. The van der Waals surface area contributed by atoms with Gasteiger partial charge in [-0.25, -0.2) is 0 Å². The van der Waals surface area contributed by atoms with Crippen molar-refractivity contribution in [1.29, 1.82) is 0 Å². The summed E-state index contributed by atoms with van der Waals surface area (Å²) in [7, 11) is 1.62. The van der Waals surface area contributed by atoms with Gasteiger partial charge in [0.1, 0.15) is 5.75 Å². The van der Waals surface area contributed by atoms with Gasteiger partial charge in [-0.2, -0.15) is 0 Å². The smallest absolute Gasteiger partial charge is 0.234 e. The van der Waals surface area contributed by atoms with Crippen LogP contribution in [-0.2, 0) is 4.79 Å². The molecule has 1 saturated carbocycles. The predicted molar refractivity (Wildman–Crippen MR) is 145 cm³/mol. The molecule has 1 aromatic heterocycles. The lowest BCUT2D eigenvalue weighted by Crippen LogP contribution is -2.17. The van der Waals surface area contributed by atoms with Gasteiger partial charge in [-0.1, -0.05) is 85.6 Å². The zero-order chi connectivity index (χ0) is 24.7. The van der Waals surface area contributed by atoms with Crippen LogP contribution in [0.25, 0.3) is 22.5 Å². The number of ether oxygens (including phenoxy) is 1. The lowest BCUT2D eigenvalue weighted by atomic mass is 9.95. The van der Waals surface area contributed by atoms with E-state index in [1.165, 1.54) is 42.2 Å². The van der Waals surface area contributed by atoms with Crippen molar-refractivity contribution in [2.45, 2.75) is 43.3 Å². The average Bonchev–Trinajstić information content (AvgIpc) is 3.37. The minimum absolute atomic E-state index is 0.0721. The Morgan fingerprint density at radius 2 is 1.56 bits per heavy atom. The third kappa shape index (κ3) is 5.62.